The van der Waals surface area contributed by atoms with Crippen LogP contribution in [0.1, 0.15) is 55.4 Å². The predicted molar refractivity (Wildman–Crippen MR) is 58.4 cm³/mol. The molecule has 0 saturated heterocycles. The molecule has 1 aromatic carbocycles. The van der Waals surface area contributed by atoms with Gasteiger partial charge in [-0.2, -0.15) is 0 Å². The standard InChI is InChI=1S/C13H18O/c1-9(2)11-7-6-10-4-3-5-13(14)12(10)8-11/h6-9,13-14H,3-5H2,1-2H3/t13-/m1/s1. The summed E-state index contributed by atoms with van der Waals surface area (Å²) in [5.41, 5.74) is 3.85. The molecule has 0 amide bonds. The highest BCUT2D eigenvalue weighted by Crippen LogP contribution is 2.31. The van der Waals surface area contributed by atoms with Crippen molar-refractivity contribution < 1.29 is 5.11 Å². The molecule has 0 fully saturated rings. The molecule has 0 unspecified atom stereocenters. The minimum atomic E-state index is -0.225. The maximum atomic E-state index is 9.87. The van der Waals surface area contributed by atoms with Gasteiger partial charge in [0.05, 0.1) is 6.10 Å². The van der Waals surface area contributed by atoms with Gasteiger partial charge in [0.2, 0.25) is 0 Å². The molecular formula is C13H18O. The second kappa shape index (κ2) is 3.74. The Morgan fingerprint density at radius 1 is 1.36 bits per heavy atom. The molecule has 0 aliphatic heterocycles. The number of fused-ring (bicyclic) bond motifs is 1. The van der Waals surface area contributed by atoms with E-state index in [4.69, 9.17) is 0 Å². The summed E-state index contributed by atoms with van der Waals surface area (Å²) in [6.07, 6.45) is 2.95. The van der Waals surface area contributed by atoms with Gasteiger partial charge in [0, 0.05) is 0 Å². The fourth-order valence-electron chi connectivity index (χ4n) is 2.15. The SMILES string of the molecule is CC(C)c1ccc2c(c1)[C@H](O)CCC2. The lowest BCUT2D eigenvalue weighted by molar-refractivity contribution is 0.156. The summed E-state index contributed by atoms with van der Waals surface area (Å²) in [6, 6.07) is 6.57. The van der Waals surface area contributed by atoms with Gasteiger partial charge in [0.1, 0.15) is 0 Å². The number of hydrogen-bond acceptors (Lipinski definition) is 1. The normalized spacial score (nSPS) is 21.0. The second-order valence-electron chi connectivity index (χ2n) is 4.52. The summed E-state index contributed by atoms with van der Waals surface area (Å²) < 4.78 is 0. The topological polar surface area (TPSA) is 20.2 Å². The average Bonchev–Trinajstić information content (AvgIpc) is 2.18. The van der Waals surface area contributed by atoms with Crippen molar-refractivity contribution in [3.8, 4) is 0 Å². The monoisotopic (exact) mass is 190 g/mol. The highest BCUT2D eigenvalue weighted by molar-refractivity contribution is 5.36. The van der Waals surface area contributed by atoms with Gasteiger partial charge in [-0.3, -0.25) is 0 Å². The molecule has 0 saturated carbocycles. The quantitative estimate of drug-likeness (QED) is 0.721. The third kappa shape index (κ3) is 1.69. The first-order chi connectivity index (χ1) is 6.68. The molecule has 1 nitrogen and oxygen atoms in total. The molecule has 0 radical (unpaired) electrons. The Hall–Kier alpha value is -0.820. The largest absolute Gasteiger partial charge is 0.388 e. The van der Waals surface area contributed by atoms with Crippen LogP contribution in [0.2, 0.25) is 0 Å². The molecule has 76 valence electrons. The molecule has 14 heavy (non-hydrogen) atoms. The molecule has 0 aromatic heterocycles. The van der Waals surface area contributed by atoms with Crippen molar-refractivity contribution >= 4 is 0 Å². The van der Waals surface area contributed by atoms with Crippen molar-refractivity contribution in [2.45, 2.75) is 45.1 Å². The molecule has 1 heteroatoms. The van der Waals surface area contributed by atoms with Crippen molar-refractivity contribution in [2.75, 3.05) is 0 Å². The molecule has 1 aliphatic rings. The Bertz CT molecular complexity index is 328. The third-order valence-corrected chi connectivity index (χ3v) is 3.12. The van der Waals surface area contributed by atoms with Crippen LogP contribution < -0.4 is 0 Å². The van der Waals surface area contributed by atoms with Gasteiger partial charge in [-0.1, -0.05) is 32.0 Å². The van der Waals surface area contributed by atoms with E-state index in [0.717, 1.165) is 19.3 Å². The third-order valence-electron chi connectivity index (χ3n) is 3.12. The summed E-state index contributed by atoms with van der Waals surface area (Å²) >= 11 is 0. The van der Waals surface area contributed by atoms with E-state index >= 15 is 0 Å². The maximum Gasteiger partial charge on any atom is 0.0792 e. The summed E-state index contributed by atoms with van der Waals surface area (Å²) in [5.74, 6) is 0.550. The first kappa shape index (κ1) is 9.72. The minimum Gasteiger partial charge on any atom is -0.388 e. The molecule has 1 aromatic rings. The zero-order valence-electron chi connectivity index (χ0n) is 8.96. The average molecular weight is 190 g/mol. The lowest BCUT2D eigenvalue weighted by Crippen LogP contribution is -2.09. The maximum absolute atomic E-state index is 9.87. The van der Waals surface area contributed by atoms with Crippen LogP contribution in [0.4, 0.5) is 0 Å². The second-order valence-corrected chi connectivity index (χ2v) is 4.52. The number of hydrogen-bond donors (Lipinski definition) is 1. The molecule has 1 atom stereocenters. The Balaban J connectivity index is 2.41. The summed E-state index contributed by atoms with van der Waals surface area (Å²) in [6.45, 7) is 4.38. The number of aliphatic hydroxyl groups excluding tert-OH is 1. The van der Waals surface area contributed by atoms with Crippen molar-refractivity contribution in [3.63, 3.8) is 0 Å². The fraction of sp³-hybridized carbons (Fsp3) is 0.538. The highest BCUT2D eigenvalue weighted by Gasteiger charge is 2.18. The van der Waals surface area contributed by atoms with Gasteiger partial charge in [-0.15, -0.1) is 0 Å². The van der Waals surface area contributed by atoms with Crippen molar-refractivity contribution in [1.82, 2.24) is 0 Å². The lowest BCUT2D eigenvalue weighted by Gasteiger charge is -2.22. The minimum absolute atomic E-state index is 0.225. The van der Waals surface area contributed by atoms with Crippen molar-refractivity contribution in [2.24, 2.45) is 0 Å². The van der Waals surface area contributed by atoms with Crippen LogP contribution in [0.3, 0.4) is 0 Å². The summed E-state index contributed by atoms with van der Waals surface area (Å²) in [7, 11) is 0. The van der Waals surface area contributed by atoms with Gasteiger partial charge in [-0.05, 0) is 41.9 Å². The van der Waals surface area contributed by atoms with Crippen LogP contribution in [0.25, 0.3) is 0 Å². The first-order valence-corrected chi connectivity index (χ1v) is 5.49. The predicted octanol–water partition coefficient (Wildman–Crippen LogP) is 3.18. The Labute approximate surface area is 85.8 Å². The zero-order chi connectivity index (χ0) is 10.1. The molecular weight excluding hydrogens is 172 g/mol. The van der Waals surface area contributed by atoms with Gasteiger partial charge in [-0.25, -0.2) is 0 Å². The molecule has 1 N–H and O–H groups in total. The fourth-order valence-corrected chi connectivity index (χ4v) is 2.15. The smallest absolute Gasteiger partial charge is 0.0792 e. The van der Waals surface area contributed by atoms with Crippen LogP contribution in [0.5, 0.6) is 0 Å². The van der Waals surface area contributed by atoms with E-state index in [1.165, 1.54) is 16.7 Å². The Morgan fingerprint density at radius 2 is 2.14 bits per heavy atom. The zero-order valence-corrected chi connectivity index (χ0v) is 8.96. The van der Waals surface area contributed by atoms with E-state index in [2.05, 4.69) is 32.0 Å². The Morgan fingerprint density at radius 3 is 2.86 bits per heavy atom. The van der Waals surface area contributed by atoms with Crippen LogP contribution in [0, 0.1) is 0 Å². The Kier molecular flexibility index (Phi) is 2.60. The molecule has 0 spiro atoms. The van der Waals surface area contributed by atoms with Crippen molar-refractivity contribution in [3.05, 3.63) is 34.9 Å². The molecule has 0 bridgehead atoms. The van der Waals surface area contributed by atoms with E-state index in [-0.39, 0.29) is 6.10 Å². The van der Waals surface area contributed by atoms with Crippen molar-refractivity contribution in [1.29, 1.82) is 0 Å². The van der Waals surface area contributed by atoms with E-state index < -0.39 is 0 Å². The molecule has 0 heterocycles. The van der Waals surface area contributed by atoms with E-state index in [1.807, 2.05) is 0 Å². The number of rotatable bonds is 1. The molecule has 2 rings (SSSR count). The van der Waals surface area contributed by atoms with E-state index in [1.54, 1.807) is 0 Å². The number of benzene rings is 1. The van der Waals surface area contributed by atoms with Crippen LogP contribution in [-0.4, -0.2) is 5.11 Å². The van der Waals surface area contributed by atoms with Gasteiger partial charge >= 0.3 is 0 Å². The van der Waals surface area contributed by atoms with Crippen LogP contribution >= 0.6 is 0 Å². The van der Waals surface area contributed by atoms with E-state index in [0.29, 0.717) is 5.92 Å². The van der Waals surface area contributed by atoms with E-state index in [9.17, 15) is 5.11 Å². The highest BCUT2D eigenvalue weighted by atomic mass is 16.3. The number of aryl methyl sites for hydroxylation is 1. The molecule has 1 aliphatic carbocycles. The van der Waals surface area contributed by atoms with Gasteiger partial charge in [0.15, 0.2) is 0 Å². The van der Waals surface area contributed by atoms with Crippen LogP contribution in [0.15, 0.2) is 18.2 Å². The summed E-state index contributed by atoms with van der Waals surface area (Å²) in [5, 5.41) is 9.87. The number of aliphatic hydroxyl groups is 1. The van der Waals surface area contributed by atoms with Crippen LogP contribution in [-0.2, 0) is 6.42 Å². The summed E-state index contributed by atoms with van der Waals surface area (Å²) in [4.78, 5) is 0. The van der Waals surface area contributed by atoms with Gasteiger partial charge in [0.25, 0.3) is 0 Å². The van der Waals surface area contributed by atoms with Gasteiger partial charge < -0.3 is 5.11 Å². The lowest BCUT2D eigenvalue weighted by atomic mass is 9.86. The first-order valence-electron chi connectivity index (χ1n) is 5.49.